The average molecular weight is 327 g/mol. The van der Waals surface area contributed by atoms with Crippen molar-refractivity contribution in [3.05, 3.63) is 64.7 Å². The molecule has 0 spiro atoms. The number of carbonyl (C=O) groups is 1. The molecule has 2 nitrogen and oxygen atoms in total. The molecule has 0 unspecified atom stereocenters. The van der Waals surface area contributed by atoms with Crippen molar-refractivity contribution in [2.24, 2.45) is 0 Å². The molecule has 0 aliphatic heterocycles. The zero-order chi connectivity index (χ0) is 17.0. The van der Waals surface area contributed by atoms with Crippen LogP contribution in [0.3, 0.4) is 0 Å². The second-order valence-corrected chi connectivity index (χ2v) is 7.51. The first-order chi connectivity index (χ1) is 10.9. The molecule has 122 valence electrons. The van der Waals surface area contributed by atoms with Crippen LogP contribution in [0, 0.1) is 20.8 Å². The first-order valence-electron chi connectivity index (χ1n) is 7.98. The summed E-state index contributed by atoms with van der Waals surface area (Å²) in [5.74, 6) is 0.0731. The maximum absolute atomic E-state index is 12.5. The van der Waals surface area contributed by atoms with E-state index in [1.165, 1.54) is 22.3 Å². The normalized spacial score (nSPS) is 13.4. The maximum atomic E-state index is 12.5. The van der Waals surface area contributed by atoms with E-state index in [0.29, 0.717) is 0 Å². The molecule has 2 aromatic rings. The quantitative estimate of drug-likeness (QED) is 0.786. The fraction of sp³-hybridized carbons (Fsp3) is 0.350. The summed E-state index contributed by atoms with van der Waals surface area (Å²) in [6, 6.07) is 14.4. The second kappa shape index (κ2) is 7.69. The topological polar surface area (TPSA) is 29.1 Å². The highest BCUT2D eigenvalue weighted by Gasteiger charge is 2.18. The lowest BCUT2D eigenvalue weighted by Crippen LogP contribution is -2.33. The third kappa shape index (κ3) is 4.61. The summed E-state index contributed by atoms with van der Waals surface area (Å²) >= 11 is 1.59. The van der Waals surface area contributed by atoms with Gasteiger partial charge in [0.2, 0.25) is 5.91 Å². The Balaban J connectivity index is 2.03. The number of amides is 1. The molecule has 2 aromatic carbocycles. The summed E-state index contributed by atoms with van der Waals surface area (Å²) in [4.78, 5) is 13.6. The summed E-state index contributed by atoms with van der Waals surface area (Å²) in [5, 5.41) is 3.03. The molecule has 3 heteroatoms. The smallest absolute Gasteiger partial charge is 0.233 e. The third-order valence-corrected chi connectivity index (χ3v) is 5.24. The number of carbonyl (C=O) groups excluding carboxylic acids is 1. The summed E-state index contributed by atoms with van der Waals surface area (Å²) in [7, 11) is 0. The molecule has 0 bridgehead atoms. The van der Waals surface area contributed by atoms with Gasteiger partial charge >= 0.3 is 0 Å². The van der Waals surface area contributed by atoms with Crippen LogP contribution in [0.1, 0.15) is 42.1 Å². The Kier molecular flexibility index (Phi) is 5.89. The predicted molar refractivity (Wildman–Crippen MR) is 99.0 cm³/mol. The Hall–Kier alpha value is -1.74. The number of nitrogens with one attached hydrogen (secondary N) is 1. The summed E-state index contributed by atoms with van der Waals surface area (Å²) in [6.45, 7) is 10.3. The van der Waals surface area contributed by atoms with Gasteiger partial charge < -0.3 is 5.32 Å². The molecule has 2 rings (SSSR count). The van der Waals surface area contributed by atoms with Gasteiger partial charge in [0, 0.05) is 4.90 Å². The fourth-order valence-electron chi connectivity index (χ4n) is 2.61. The van der Waals surface area contributed by atoms with Crippen molar-refractivity contribution in [2.75, 3.05) is 0 Å². The van der Waals surface area contributed by atoms with Gasteiger partial charge in [-0.3, -0.25) is 4.79 Å². The Morgan fingerprint density at radius 2 is 1.57 bits per heavy atom. The largest absolute Gasteiger partial charge is 0.349 e. The van der Waals surface area contributed by atoms with E-state index in [2.05, 4.69) is 45.1 Å². The number of benzene rings is 2. The van der Waals surface area contributed by atoms with Crippen molar-refractivity contribution in [3.8, 4) is 0 Å². The van der Waals surface area contributed by atoms with Gasteiger partial charge in [-0.2, -0.15) is 0 Å². The van der Waals surface area contributed by atoms with Gasteiger partial charge in [-0.15, -0.1) is 11.8 Å². The predicted octanol–water partition coefficient (Wildman–Crippen LogP) is 4.97. The van der Waals surface area contributed by atoms with E-state index >= 15 is 0 Å². The van der Waals surface area contributed by atoms with Crippen LogP contribution >= 0.6 is 11.8 Å². The van der Waals surface area contributed by atoms with E-state index in [1.807, 2.05) is 37.3 Å². The molecule has 0 fully saturated rings. The van der Waals surface area contributed by atoms with Gasteiger partial charge in [0.25, 0.3) is 0 Å². The third-order valence-electron chi connectivity index (χ3n) is 4.13. The van der Waals surface area contributed by atoms with E-state index in [1.54, 1.807) is 11.8 Å². The fourth-order valence-corrected chi connectivity index (χ4v) is 3.51. The van der Waals surface area contributed by atoms with Gasteiger partial charge in [0.15, 0.2) is 0 Å². The Bertz CT molecular complexity index is 682. The molecule has 1 N–H and O–H groups in total. The van der Waals surface area contributed by atoms with Crippen LogP contribution in [0.2, 0.25) is 0 Å². The number of rotatable bonds is 5. The van der Waals surface area contributed by atoms with Crippen molar-refractivity contribution < 1.29 is 4.79 Å². The summed E-state index contributed by atoms with van der Waals surface area (Å²) < 4.78 is 0. The van der Waals surface area contributed by atoms with Crippen LogP contribution in [-0.4, -0.2) is 11.2 Å². The number of hydrogen-bond acceptors (Lipinski definition) is 2. The van der Waals surface area contributed by atoms with Crippen LogP contribution < -0.4 is 5.32 Å². The van der Waals surface area contributed by atoms with E-state index in [-0.39, 0.29) is 17.2 Å². The molecule has 0 radical (unpaired) electrons. The Morgan fingerprint density at radius 1 is 0.957 bits per heavy atom. The minimum atomic E-state index is -0.119. The minimum absolute atomic E-state index is 0.0145. The highest BCUT2D eigenvalue weighted by atomic mass is 32.2. The van der Waals surface area contributed by atoms with Gasteiger partial charge in [0.05, 0.1) is 11.3 Å². The maximum Gasteiger partial charge on any atom is 0.233 e. The van der Waals surface area contributed by atoms with Gasteiger partial charge in [-0.1, -0.05) is 30.3 Å². The molecule has 23 heavy (non-hydrogen) atoms. The van der Waals surface area contributed by atoms with Crippen molar-refractivity contribution in [3.63, 3.8) is 0 Å². The molecule has 0 aliphatic rings. The van der Waals surface area contributed by atoms with Gasteiger partial charge in [-0.05, 0) is 69.0 Å². The lowest BCUT2D eigenvalue weighted by Gasteiger charge is -2.20. The van der Waals surface area contributed by atoms with Crippen LogP contribution in [-0.2, 0) is 4.79 Å². The highest BCUT2D eigenvalue weighted by Crippen LogP contribution is 2.25. The minimum Gasteiger partial charge on any atom is -0.349 e. The zero-order valence-corrected chi connectivity index (χ0v) is 15.3. The molecule has 0 saturated heterocycles. The van der Waals surface area contributed by atoms with Crippen LogP contribution in [0.15, 0.2) is 47.4 Å². The highest BCUT2D eigenvalue weighted by molar-refractivity contribution is 8.00. The number of aryl methyl sites for hydroxylation is 3. The molecule has 1 amide bonds. The van der Waals surface area contributed by atoms with E-state index in [0.717, 1.165) is 4.90 Å². The molecule has 0 heterocycles. The van der Waals surface area contributed by atoms with Gasteiger partial charge in [-0.25, -0.2) is 0 Å². The summed E-state index contributed by atoms with van der Waals surface area (Å²) in [6.07, 6.45) is 0. The van der Waals surface area contributed by atoms with Crippen LogP contribution in [0.25, 0.3) is 0 Å². The lowest BCUT2D eigenvalue weighted by molar-refractivity contribution is -0.120. The molecular formula is C20H25NOS. The van der Waals surface area contributed by atoms with Crippen LogP contribution in [0.5, 0.6) is 0 Å². The zero-order valence-electron chi connectivity index (χ0n) is 14.5. The molecule has 0 aliphatic carbocycles. The SMILES string of the molecule is Cc1cc(C)c([C@H](C)NC(=O)[C@@H](C)Sc2ccccc2)cc1C. The first-order valence-corrected chi connectivity index (χ1v) is 8.86. The molecular weight excluding hydrogens is 302 g/mol. The van der Waals surface area contributed by atoms with Crippen molar-refractivity contribution >= 4 is 17.7 Å². The lowest BCUT2D eigenvalue weighted by atomic mass is 9.96. The van der Waals surface area contributed by atoms with E-state index in [9.17, 15) is 4.79 Å². The van der Waals surface area contributed by atoms with Crippen molar-refractivity contribution in [1.29, 1.82) is 0 Å². The Morgan fingerprint density at radius 3 is 2.22 bits per heavy atom. The van der Waals surface area contributed by atoms with Crippen molar-refractivity contribution in [2.45, 2.75) is 50.8 Å². The standard InChI is InChI=1S/C20H25NOS/c1-13-11-15(3)19(12-14(13)2)16(4)21-20(22)17(5)23-18-9-7-6-8-10-18/h6-12,16-17H,1-5H3,(H,21,22)/t16-,17+/m0/s1. The van der Waals surface area contributed by atoms with E-state index < -0.39 is 0 Å². The van der Waals surface area contributed by atoms with E-state index in [4.69, 9.17) is 0 Å². The van der Waals surface area contributed by atoms with Crippen LogP contribution in [0.4, 0.5) is 0 Å². The Labute approximate surface area is 143 Å². The molecule has 0 aromatic heterocycles. The van der Waals surface area contributed by atoms with Gasteiger partial charge in [0.1, 0.15) is 0 Å². The first kappa shape index (κ1) is 17.6. The summed E-state index contributed by atoms with van der Waals surface area (Å²) in [5.41, 5.74) is 4.97. The second-order valence-electron chi connectivity index (χ2n) is 6.10. The average Bonchev–Trinajstić information content (AvgIpc) is 2.51. The molecule has 2 atom stereocenters. The monoisotopic (exact) mass is 327 g/mol. The molecule has 0 saturated carbocycles. The van der Waals surface area contributed by atoms with Crippen molar-refractivity contribution in [1.82, 2.24) is 5.32 Å². The number of thioether (sulfide) groups is 1. The number of hydrogen-bond donors (Lipinski definition) is 1.